The van der Waals surface area contributed by atoms with Crippen molar-refractivity contribution >= 4 is 112 Å². The average molecular weight is 1540 g/mol. The van der Waals surface area contributed by atoms with E-state index >= 15 is 0 Å². The number of esters is 1. The number of aliphatic carboxylic acids is 1. The first-order valence-corrected chi connectivity index (χ1v) is 36.1. The Morgan fingerprint density at radius 1 is 0.860 bits per heavy atom. The molecular formula is C70H97ClN14O21S. The molecule has 2 saturated heterocycles. The third kappa shape index (κ3) is 25.3. The van der Waals surface area contributed by atoms with Gasteiger partial charge in [0.2, 0.25) is 41.4 Å². The van der Waals surface area contributed by atoms with Gasteiger partial charge in [-0.3, -0.25) is 58.4 Å². The molecule has 586 valence electrons. The number of anilines is 1. The fourth-order valence-corrected chi connectivity index (χ4v) is 13.2. The Morgan fingerprint density at radius 2 is 1.49 bits per heavy atom. The van der Waals surface area contributed by atoms with Crippen LogP contribution in [0.25, 0.3) is 0 Å². The molecule has 4 heterocycles. The Hall–Kier alpha value is -10.0. The van der Waals surface area contributed by atoms with Gasteiger partial charge in [-0.25, -0.2) is 19.2 Å². The van der Waals surface area contributed by atoms with Gasteiger partial charge in [0.25, 0.3) is 11.8 Å². The summed E-state index contributed by atoms with van der Waals surface area (Å²) in [4.78, 5) is 180. The van der Waals surface area contributed by atoms with Crippen LogP contribution in [-0.2, 0) is 84.5 Å². The lowest BCUT2D eigenvalue weighted by Gasteiger charge is -2.42. The molecule has 2 fully saturated rings. The molecule has 6 rings (SSSR count). The first kappa shape index (κ1) is 85.9. The van der Waals surface area contributed by atoms with Crippen molar-refractivity contribution in [2.75, 3.05) is 70.9 Å². The molecule has 0 spiro atoms. The number of epoxide rings is 1. The van der Waals surface area contributed by atoms with Crippen LogP contribution in [0, 0.1) is 5.92 Å². The maximum atomic E-state index is 14.5. The average Bonchev–Trinajstić information content (AvgIpc) is 1.57. The number of phenols is 1. The number of nitrogens with zero attached hydrogens (tertiary/aromatic N) is 4. The maximum absolute atomic E-state index is 14.5. The number of primary amides is 1. The van der Waals surface area contributed by atoms with Crippen LogP contribution >= 0.6 is 23.4 Å². The highest BCUT2D eigenvalue weighted by Gasteiger charge is 2.64. The number of aromatic hydroxyl groups is 1. The zero-order valence-corrected chi connectivity index (χ0v) is 62.4. The number of halogens is 1. The number of hydrogen-bond acceptors (Lipinski definition) is 22. The molecule has 12 amide bonds. The van der Waals surface area contributed by atoms with E-state index in [1.165, 1.54) is 64.4 Å². The van der Waals surface area contributed by atoms with Crippen LogP contribution in [0.4, 0.5) is 15.3 Å². The van der Waals surface area contributed by atoms with Crippen molar-refractivity contribution in [1.82, 2.24) is 47.0 Å². The monoisotopic (exact) mass is 1540 g/mol. The molecule has 12 atom stereocenters. The number of carbonyl (C=O) groups excluding carboxylic acids is 12. The van der Waals surface area contributed by atoms with Crippen LogP contribution in [0.15, 0.2) is 77.3 Å². The second kappa shape index (κ2) is 40.1. The van der Waals surface area contributed by atoms with Crippen LogP contribution in [-0.4, -0.2) is 240 Å². The Balaban J connectivity index is 1.12. The van der Waals surface area contributed by atoms with E-state index < -0.39 is 162 Å². The highest BCUT2D eigenvalue weighted by molar-refractivity contribution is 7.99. The number of urea groups is 1. The summed E-state index contributed by atoms with van der Waals surface area (Å²) in [6.07, 6.45) is 1.41. The summed E-state index contributed by atoms with van der Waals surface area (Å²) in [5, 5.41) is 49.9. The summed E-state index contributed by atoms with van der Waals surface area (Å²) >= 11 is 7.84. The molecule has 37 heteroatoms. The number of thioether (sulfide) groups is 1. The number of ether oxygens (including phenoxy) is 5. The van der Waals surface area contributed by atoms with Gasteiger partial charge in [0.15, 0.2) is 11.7 Å². The topological polar surface area (TPSA) is 516 Å². The van der Waals surface area contributed by atoms with Crippen LogP contribution in [0.5, 0.6) is 11.5 Å². The minimum absolute atomic E-state index is 0.00217. The molecule has 107 heavy (non-hydrogen) atoms. The quantitative estimate of drug-likeness (QED) is 0.0110. The number of hydrogen-bond donors (Lipinski definition) is 13. The number of carbonyl (C=O) groups is 13. The smallest absolute Gasteiger partial charge is 0.409 e. The van der Waals surface area contributed by atoms with Gasteiger partial charge in [-0.05, 0) is 108 Å². The fraction of sp³-hybridized carbons (Fsp3) is 0.543. The molecule has 0 unspecified atom stereocenters. The fourth-order valence-electron chi connectivity index (χ4n) is 12.2. The molecule has 35 nitrogen and oxygen atoms in total. The lowest BCUT2D eigenvalue weighted by Crippen LogP contribution is -2.63. The number of aliphatic hydroxyl groups is 1. The zero-order chi connectivity index (χ0) is 79.0. The van der Waals surface area contributed by atoms with E-state index in [9.17, 15) is 77.6 Å². The Labute approximate surface area is 627 Å². The molecule has 0 radical (unpaired) electrons. The highest BCUT2D eigenvalue weighted by Crippen LogP contribution is 2.49. The van der Waals surface area contributed by atoms with Crippen LogP contribution < -0.4 is 64.1 Å². The number of nitrogens with one attached hydrogen (secondary N) is 7. The van der Waals surface area contributed by atoms with Crippen molar-refractivity contribution < 1.29 is 101 Å². The van der Waals surface area contributed by atoms with Crippen LogP contribution in [0.1, 0.15) is 103 Å². The summed E-state index contributed by atoms with van der Waals surface area (Å²) in [5.41, 5.74) is 15.1. The summed E-state index contributed by atoms with van der Waals surface area (Å²) in [5.74, 6) is -10.0. The normalized spacial score (nSPS) is 22.7. The lowest BCUT2D eigenvalue weighted by molar-refractivity contribution is -0.162. The number of nitrogens with two attached hydrogens (primary N) is 3. The van der Waals surface area contributed by atoms with Crippen molar-refractivity contribution in [2.45, 2.75) is 171 Å². The van der Waals surface area contributed by atoms with E-state index in [0.29, 0.717) is 22.4 Å². The molecule has 2 aromatic carbocycles. The molecule has 4 aliphatic heterocycles. The number of guanidine groups is 1. The van der Waals surface area contributed by atoms with E-state index in [1.807, 2.05) is 6.92 Å². The number of unbranched alkanes of at least 4 members (excludes halogenated alkanes) is 1. The number of imide groups is 1. The number of fused-ring (bicyclic) bond motifs is 5. The van der Waals surface area contributed by atoms with Gasteiger partial charge in [0.05, 0.1) is 31.1 Å². The number of likely N-dealkylation sites (N-methyl/N-ethyl adjacent to an activating group) is 1. The molecule has 0 aliphatic carbocycles. The van der Waals surface area contributed by atoms with Crippen molar-refractivity contribution in [3.05, 3.63) is 88.5 Å². The molecule has 2 aromatic rings. The maximum Gasteiger partial charge on any atom is 0.409 e. The SMILES string of the molecule is COc1cc2cc(c1Cl)N(C)C(=O)C[C@H](OC(=O)[C@H](C)N(C)C(=O)CCSCC(=O)N[C@@H](CCCNC(N)=O)C(=O)N[C@@H](CCCCNC(=O)[C@@H](CCCN=C(N)N)NC(=O)CN1C(=O)C=CC1=O)C(=O)N[C@@H](Cc1ccc(O)cc1)C(=O)O)[C@]1(C)O[C@H]1[C@H](C)[C@@H]1C[C@@](O)(NC(=O)O1)[C@H](OC)/C=C/C=C(\C)C2. The lowest BCUT2D eigenvalue weighted by atomic mass is 9.83. The predicted molar refractivity (Wildman–Crippen MR) is 390 cm³/mol. The summed E-state index contributed by atoms with van der Waals surface area (Å²) in [7, 11) is 5.67. The van der Waals surface area contributed by atoms with E-state index in [1.54, 1.807) is 44.2 Å². The number of amides is 12. The largest absolute Gasteiger partial charge is 0.508 e. The minimum Gasteiger partial charge on any atom is -0.508 e. The second-order valence-corrected chi connectivity index (χ2v) is 28.0. The van der Waals surface area contributed by atoms with Crippen molar-refractivity contribution in [2.24, 2.45) is 28.1 Å². The van der Waals surface area contributed by atoms with Gasteiger partial charge in [0.1, 0.15) is 77.2 Å². The van der Waals surface area contributed by atoms with Crippen molar-refractivity contribution in [1.29, 1.82) is 0 Å². The number of phenolic OH excluding ortho intramolecular Hbond substituents is 1. The van der Waals surface area contributed by atoms with Gasteiger partial charge >= 0.3 is 24.1 Å². The first-order valence-electron chi connectivity index (χ1n) is 34.6. The Kier molecular flexibility index (Phi) is 32.2. The Morgan fingerprint density at radius 3 is 2.13 bits per heavy atom. The second-order valence-electron chi connectivity index (χ2n) is 26.5. The number of benzene rings is 2. The Bertz CT molecular complexity index is 3710. The van der Waals surface area contributed by atoms with E-state index in [2.05, 4.69) is 42.2 Å². The molecule has 0 aromatic heterocycles. The standard InChI is InChI=1S/C70H97ClN14O21S/c1-38-14-11-18-51(103-8)70(101)35-50(104-68(100)82-70)39(2)60-69(4,106-60)52(34-58(92)84(6)48-32-42(30-38)33-49(102-7)59(48)71)105-65(98)40(3)83(5)55(89)25-29-107-37-54(88)79-45(17-13-28-77-67(74)99)62(94)80-46(63(95)81-47(64(96)97)31-41-19-21-43(86)22-20-41)15-9-10-26-75-61(93)44(16-12-27-76-66(72)73)78-53(87)36-85-56(90)23-24-57(85)91/h11,14,18-24,32-33,39-40,44-47,50-52,60,86,101H,9-10,12-13,15-17,25-31,34-37H2,1-8H3,(H,75,93)(H,78,87)(H,79,88)(H,80,94)(H,81,95)(H,82,100)(H,96,97)(H4,72,73,76)(H3,74,77,99)/b18-11+,38-14+/t39-,40+,44-,45+,46+,47+,50+,51-,52+,60+,69+,70+/m1/s1. The summed E-state index contributed by atoms with van der Waals surface area (Å²) < 4.78 is 29.5. The number of aliphatic imine (C=N–C) groups is 1. The first-order chi connectivity index (χ1) is 50.6. The third-order valence-electron chi connectivity index (χ3n) is 18.5. The van der Waals surface area contributed by atoms with Gasteiger partial charge in [-0.2, -0.15) is 11.8 Å². The van der Waals surface area contributed by atoms with Crippen LogP contribution in [0.2, 0.25) is 5.02 Å². The molecule has 4 bridgehead atoms. The number of rotatable bonds is 35. The highest BCUT2D eigenvalue weighted by atomic mass is 35.5. The van der Waals surface area contributed by atoms with E-state index in [-0.39, 0.29) is 124 Å². The third-order valence-corrected chi connectivity index (χ3v) is 19.8. The number of alkyl carbamates (subject to hydrolysis) is 1. The summed E-state index contributed by atoms with van der Waals surface area (Å²) in [6.45, 7) is 5.94. The molecule has 16 N–H and O–H groups in total. The van der Waals surface area contributed by atoms with Gasteiger partial charge < -0.3 is 97.9 Å². The number of allylic oxidation sites excluding steroid dienone is 3. The van der Waals surface area contributed by atoms with Gasteiger partial charge in [-0.15, -0.1) is 0 Å². The predicted octanol–water partition coefficient (Wildman–Crippen LogP) is 0.323. The van der Waals surface area contributed by atoms with E-state index in [0.717, 1.165) is 34.4 Å². The van der Waals surface area contributed by atoms with E-state index in [4.69, 9.17) is 52.5 Å². The van der Waals surface area contributed by atoms with Crippen molar-refractivity contribution in [3.8, 4) is 11.5 Å². The molecule has 4 aliphatic rings. The molecule has 0 saturated carbocycles. The van der Waals surface area contributed by atoms with Crippen molar-refractivity contribution in [3.63, 3.8) is 0 Å². The number of carboxylic acids is 1. The summed E-state index contributed by atoms with van der Waals surface area (Å²) in [6, 6.07) is 1.24. The van der Waals surface area contributed by atoms with Gasteiger partial charge in [0, 0.05) is 83.9 Å². The zero-order valence-electron chi connectivity index (χ0n) is 60.8. The number of carboxylic acid groups (broad SMARTS) is 1. The molecular weight excluding hydrogens is 1440 g/mol. The minimum atomic E-state index is -1.95. The van der Waals surface area contributed by atoms with Gasteiger partial charge in [-0.1, -0.05) is 54.5 Å². The van der Waals surface area contributed by atoms with Crippen LogP contribution in [0.3, 0.4) is 0 Å². The number of methoxy groups -OCH3 is 2.